The minimum absolute atomic E-state index is 0.110. The van der Waals surface area contributed by atoms with Crippen LogP contribution in [0.15, 0.2) is 30.6 Å². The normalized spacial score (nSPS) is 12.6. The second-order valence-electron chi connectivity index (χ2n) is 5.02. The number of benzene rings is 1. The molecule has 0 aliphatic heterocycles. The molecule has 0 amide bonds. The van der Waals surface area contributed by atoms with E-state index >= 15 is 0 Å². The number of aromatic nitrogens is 2. The first-order valence-corrected chi connectivity index (χ1v) is 8.09. The van der Waals surface area contributed by atoms with Gasteiger partial charge >= 0.3 is 0 Å². The first-order valence-electron chi connectivity index (χ1n) is 7.34. The van der Waals surface area contributed by atoms with Crippen molar-refractivity contribution in [2.75, 3.05) is 6.54 Å². The van der Waals surface area contributed by atoms with Gasteiger partial charge in [-0.25, -0.2) is 4.98 Å². The largest absolute Gasteiger partial charge is 0.335 e. The van der Waals surface area contributed by atoms with Crippen molar-refractivity contribution in [2.24, 2.45) is 0 Å². The first kappa shape index (κ1) is 16.3. The van der Waals surface area contributed by atoms with Gasteiger partial charge in [-0.05, 0) is 36.7 Å². The number of nitrogens with one attached hydrogen (secondary N) is 1. The van der Waals surface area contributed by atoms with E-state index in [1.807, 2.05) is 30.6 Å². The van der Waals surface area contributed by atoms with Crippen LogP contribution in [0.2, 0.25) is 10.0 Å². The Morgan fingerprint density at radius 3 is 2.81 bits per heavy atom. The SMILES string of the molecule is CCCn1ccnc1CC(NCC)c1cc(Cl)ccc1Cl. The van der Waals surface area contributed by atoms with E-state index in [1.165, 1.54) is 0 Å². The van der Waals surface area contributed by atoms with Gasteiger partial charge in [0.15, 0.2) is 0 Å². The van der Waals surface area contributed by atoms with E-state index < -0.39 is 0 Å². The van der Waals surface area contributed by atoms with E-state index in [4.69, 9.17) is 23.2 Å². The Morgan fingerprint density at radius 1 is 1.29 bits per heavy atom. The van der Waals surface area contributed by atoms with Gasteiger partial charge in [0.25, 0.3) is 0 Å². The molecule has 3 nitrogen and oxygen atoms in total. The van der Waals surface area contributed by atoms with Gasteiger partial charge in [0, 0.05) is 41.4 Å². The van der Waals surface area contributed by atoms with Gasteiger partial charge in [-0.3, -0.25) is 0 Å². The van der Waals surface area contributed by atoms with Crippen molar-refractivity contribution < 1.29 is 0 Å². The van der Waals surface area contributed by atoms with Crippen LogP contribution < -0.4 is 5.32 Å². The fourth-order valence-corrected chi connectivity index (χ4v) is 2.91. The molecule has 1 atom stereocenters. The summed E-state index contributed by atoms with van der Waals surface area (Å²) in [6.45, 7) is 6.10. The van der Waals surface area contributed by atoms with Gasteiger partial charge in [-0.15, -0.1) is 0 Å². The lowest BCUT2D eigenvalue weighted by atomic mass is 10.0. The summed E-state index contributed by atoms with van der Waals surface area (Å²) in [5, 5.41) is 4.92. The summed E-state index contributed by atoms with van der Waals surface area (Å²) in [5.74, 6) is 1.07. The zero-order valence-electron chi connectivity index (χ0n) is 12.4. The average molecular weight is 326 g/mol. The van der Waals surface area contributed by atoms with Crippen molar-refractivity contribution in [3.05, 3.63) is 52.0 Å². The van der Waals surface area contributed by atoms with E-state index in [2.05, 4.69) is 28.7 Å². The number of rotatable bonds is 7. The quantitative estimate of drug-likeness (QED) is 0.812. The Kier molecular flexibility index (Phi) is 6.09. The molecule has 5 heteroatoms. The summed E-state index contributed by atoms with van der Waals surface area (Å²) in [6.07, 6.45) is 5.77. The number of aryl methyl sites for hydroxylation is 1. The van der Waals surface area contributed by atoms with Crippen LogP contribution >= 0.6 is 23.2 Å². The molecule has 0 saturated carbocycles. The highest BCUT2D eigenvalue weighted by Gasteiger charge is 2.17. The maximum atomic E-state index is 6.34. The fourth-order valence-electron chi connectivity index (χ4n) is 2.48. The third-order valence-electron chi connectivity index (χ3n) is 3.44. The molecule has 1 heterocycles. The van der Waals surface area contributed by atoms with Crippen LogP contribution in [0.1, 0.15) is 37.7 Å². The van der Waals surface area contributed by atoms with Crippen molar-refractivity contribution in [2.45, 2.75) is 39.3 Å². The van der Waals surface area contributed by atoms with Gasteiger partial charge in [-0.2, -0.15) is 0 Å². The molecule has 0 aliphatic rings. The average Bonchev–Trinajstić information content (AvgIpc) is 2.89. The molecule has 2 aromatic rings. The topological polar surface area (TPSA) is 29.9 Å². The maximum absolute atomic E-state index is 6.34. The number of halogens is 2. The van der Waals surface area contributed by atoms with Gasteiger partial charge in [0.05, 0.1) is 0 Å². The lowest BCUT2D eigenvalue weighted by Gasteiger charge is -2.20. The van der Waals surface area contributed by atoms with E-state index in [1.54, 1.807) is 0 Å². The second kappa shape index (κ2) is 7.83. The minimum atomic E-state index is 0.110. The van der Waals surface area contributed by atoms with Gasteiger partial charge in [0.2, 0.25) is 0 Å². The predicted molar refractivity (Wildman–Crippen MR) is 89.1 cm³/mol. The molecule has 1 unspecified atom stereocenters. The molecule has 1 aromatic heterocycles. The molecule has 0 spiro atoms. The molecule has 0 saturated heterocycles. The van der Waals surface area contributed by atoms with Gasteiger partial charge in [-0.1, -0.05) is 37.0 Å². The summed E-state index contributed by atoms with van der Waals surface area (Å²) in [4.78, 5) is 4.48. The standard InChI is InChI=1S/C16H21Cl2N3/c1-3-8-21-9-7-20-16(21)11-15(19-4-2)13-10-12(17)5-6-14(13)18/h5-7,9-10,15,19H,3-4,8,11H2,1-2H3. The van der Waals surface area contributed by atoms with Crippen LogP contribution in [0, 0.1) is 0 Å². The Balaban J connectivity index is 2.26. The zero-order chi connectivity index (χ0) is 15.2. The van der Waals surface area contributed by atoms with Crippen molar-refractivity contribution >= 4 is 23.2 Å². The summed E-state index contributed by atoms with van der Waals surface area (Å²) < 4.78 is 2.20. The van der Waals surface area contributed by atoms with Crippen molar-refractivity contribution in [3.63, 3.8) is 0 Å². The van der Waals surface area contributed by atoms with Crippen molar-refractivity contribution in [1.29, 1.82) is 0 Å². The summed E-state index contributed by atoms with van der Waals surface area (Å²) in [5.41, 5.74) is 1.03. The molecule has 1 aromatic carbocycles. The fraction of sp³-hybridized carbons (Fsp3) is 0.438. The van der Waals surface area contributed by atoms with E-state index in [0.29, 0.717) is 5.02 Å². The van der Waals surface area contributed by atoms with Gasteiger partial charge in [0.1, 0.15) is 5.82 Å². The molecule has 114 valence electrons. The lowest BCUT2D eigenvalue weighted by molar-refractivity contribution is 0.516. The molecule has 2 rings (SSSR count). The van der Waals surface area contributed by atoms with E-state index in [0.717, 1.165) is 42.3 Å². The van der Waals surface area contributed by atoms with Crippen LogP contribution in [0.3, 0.4) is 0 Å². The minimum Gasteiger partial charge on any atom is -0.335 e. The van der Waals surface area contributed by atoms with Crippen molar-refractivity contribution in [3.8, 4) is 0 Å². The van der Waals surface area contributed by atoms with Crippen LogP contribution in [0.4, 0.5) is 0 Å². The van der Waals surface area contributed by atoms with Crippen LogP contribution in [0.25, 0.3) is 0 Å². The Morgan fingerprint density at radius 2 is 2.10 bits per heavy atom. The number of imidazole rings is 1. The molecule has 0 bridgehead atoms. The number of hydrogen-bond acceptors (Lipinski definition) is 2. The zero-order valence-corrected chi connectivity index (χ0v) is 14.0. The molecular formula is C16H21Cl2N3. The molecular weight excluding hydrogens is 305 g/mol. The third kappa shape index (κ3) is 4.22. The number of nitrogens with zero attached hydrogens (tertiary/aromatic N) is 2. The molecule has 21 heavy (non-hydrogen) atoms. The smallest absolute Gasteiger partial charge is 0.110 e. The molecule has 0 fully saturated rings. The highest BCUT2D eigenvalue weighted by molar-refractivity contribution is 6.33. The van der Waals surface area contributed by atoms with Crippen LogP contribution in [-0.2, 0) is 13.0 Å². The van der Waals surface area contributed by atoms with Crippen molar-refractivity contribution in [1.82, 2.24) is 14.9 Å². The monoisotopic (exact) mass is 325 g/mol. The number of hydrogen-bond donors (Lipinski definition) is 1. The third-order valence-corrected chi connectivity index (χ3v) is 4.02. The van der Waals surface area contributed by atoms with E-state index in [9.17, 15) is 0 Å². The second-order valence-corrected chi connectivity index (χ2v) is 5.86. The highest BCUT2D eigenvalue weighted by Crippen LogP contribution is 2.28. The van der Waals surface area contributed by atoms with Crippen LogP contribution in [-0.4, -0.2) is 16.1 Å². The Labute approximate surface area is 136 Å². The molecule has 1 N–H and O–H groups in total. The molecule has 0 aliphatic carbocycles. The first-order chi connectivity index (χ1) is 10.2. The Bertz CT molecular complexity index is 581. The van der Waals surface area contributed by atoms with Gasteiger partial charge < -0.3 is 9.88 Å². The summed E-state index contributed by atoms with van der Waals surface area (Å²) in [6, 6.07) is 5.71. The number of likely N-dealkylation sites (N-methyl/N-ethyl adjacent to an activating group) is 1. The van der Waals surface area contributed by atoms with Crippen LogP contribution in [0.5, 0.6) is 0 Å². The lowest BCUT2D eigenvalue weighted by Crippen LogP contribution is -2.24. The summed E-state index contributed by atoms with van der Waals surface area (Å²) >= 11 is 12.5. The summed E-state index contributed by atoms with van der Waals surface area (Å²) in [7, 11) is 0. The highest BCUT2D eigenvalue weighted by atomic mass is 35.5. The predicted octanol–water partition coefficient (Wildman–Crippen LogP) is 4.49. The van der Waals surface area contributed by atoms with E-state index in [-0.39, 0.29) is 6.04 Å². The molecule has 0 radical (unpaired) electrons. The Hall–Kier alpha value is -1.03. The maximum Gasteiger partial charge on any atom is 0.110 e.